The van der Waals surface area contributed by atoms with Gasteiger partial charge in [0.15, 0.2) is 0 Å². The summed E-state index contributed by atoms with van der Waals surface area (Å²) in [5, 5.41) is 10.7. The second-order valence-corrected chi connectivity index (χ2v) is 5.57. The summed E-state index contributed by atoms with van der Waals surface area (Å²) in [6, 6.07) is 15.7. The second kappa shape index (κ2) is 6.28. The Bertz CT molecular complexity index is 510. The Balaban J connectivity index is 2.26. The minimum absolute atomic E-state index is 0.402. The molecule has 0 amide bonds. The van der Waals surface area contributed by atoms with Crippen LogP contribution in [0, 0.1) is 0 Å². The van der Waals surface area contributed by atoms with Gasteiger partial charge in [-0.3, -0.25) is 0 Å². The predicted octanol–water partition coefficient (Wildman–Crippen LogP) is 4.93. The van der Waals surface area contributed by atoms with Crippen molar-refractivity contribution in [3.05, 3.63) is 59.1 Å². The van der Waals surface area contributed by atoms with Crippen LogP contribution in [0.1, 0.15) is 25.0 Å². The van der Waals surface area contributed by atoms with E-state index in [-0.39, 0.29) is 0 Å². The van der Waals surface area contributed by atoms with Crippen LogP contribution in [0.3, 0.4) is 0 Å². The first-order valence-electron chi connectivity index (χ1n) is 5.91. The van der Waals surface area contributed by atoms with E-state index in [0.29, 0.717) is 0 Å². The van der Waals surface area contributed by atoms with Gasteiger partial charge in [-0.2, -0.15) is 0 Å². The number of hydrogen-bond acceptors (Lipinski definition) is 2. The molecule has 0 saturated carbocycles. The summed E-state index contributed by atoms with van der Waals surface area (Å²) in [6.45, 7) is 1.98. The summed E-state index contributed by atoms with van der Waals surface area (Å²) in [5.41, 5.74) is 0.986. The molecule has 2 aromatic carbocycles. The van der Waals surface area contributed by atoms with E-state index in [4.69, 9.17) is 11.6 Å². The molecule has 0 aliphatic carbocycles. The average molecular weight is 279 g/mol. The molecule has 1 atom stereocenters. The summed E-state index contributed by atoms with van der Waals surface area (Å²) in [6.07, 6.45) is 0.319. The van der Waals surface area contributed by atoms with Gasteiger partial charge in [0.25, 0.3) is 0 Å². The van der Waals surface area contributed by atoms with Crippen LogP contribution in [0.2, 0.25) is 5.02 Å². The molecule has 1 unspecified atom stereocenters. The van der Waals surface area contributed by atoms with Gasteiger partial charge in [0.2, 0.25) is 0 Å². The number of halogens is 1. The summed E-state index contributed by atoms with van der Waals surface area (Å²) in [4.78, 5) is 2.21. The van der Waals surface area contributed by atoms with Crippen LogP contribution >= 0.6 is 23.4 Å². The third-order valence-electron chi connectivity index (χ3n) is 2.71. The molecule has 18 heavy (non-hydrogen) atoms. The van der Waals surface area contributed by atoms with Crippen molar-refractivity contribution in [2.45, 2.75) is 29.2 Å². The Morgan fingerprint density at radius 3 is 2.44 bits per heavy atom. The maximum absolute atomic E-state index is 10.00. The fraction of sp³-hybridized carbons (Fsp3) is 0.200. The van der Waals surface area contributed by atoms with Crippen LogP contribution in [-0.2, 0) is 0 Å². The van der Waals surface area contributed by atoms with Crippen LogP contribution in [0.5, 0.6) is 0 Å². The lowest BCUT2D eigenvalue weighted by molar-refractivity contribution is 0.171. The first kappa shape index (κ1) is 13.5. The zero-order chi connectivity index (χ0) is 13.0. The number of aliphatic hydroxyl groups excluding tert-OH is 1. The zero-order valence-electron chi connectivity index (χ0n) is 10.1. The Hall–Kier alpha value is -0.960. The van der Waals surface area contributed by atoms with Crippen LogP contribution in [0.25, 0.3) is 0 Å². The van der Waals surface area contributed by atoms with Crippen LogP contribution in [0.4, 0.5) is 0 Å². The molecule has 0 bridgehead atoms. The van der Waals surface area contributed by atoms with Crippen molar-refractivity contribution in [3.63, 3.8) is 0 Å². The molecule has 0 heterocycles. The fourth-order valence-electron chi connectivity index (χ4n) is 1.70. The highest BCUT2D eigenvalue weighted by Crippen LogP contribution is 2.34. The monoisotopic (exact) mass is 278 g/mol. The number of benzene rings is 2. The highest BCUT2D eigenvalue weighted by molar-refractivity contribution is 7.99. The molecule has 0 spiro atoms. The van der Waals surface area contributed by atoms with Gasteiger partial charge >= 0.3 is 0 Å². The van der Waals surface area contributed by atoms with Crippen molar-refractivity contribution in [3.8, 4) is 0 Å². The van der Waals surface area contributed by atoms with Crippen molar-refractivity contribution in [2.75, 3.05) is 0 Å². The van der Waals surface area contributed by atoms with E-state index < -0.39 is 6.10 Å². The van der Waals surface area contributed by atoms with E-state index in [0.717, 1.165) is 26.8 Å². The number of rotatable bonds is 4. The third kappa shape index (κ3) is 3.29. The SMILES string of the molecule is CCC(O)c1ccccc1Sc1ccc(Cl)cc1. The van der Waals surface area contributed by atoms with Crippen molar-refractivity contribution < 1.29 is 5.11 Å². The summed E-state index contributed by atoms with van der Waals surface area (Å²) in [5.74, 6) is 0. The highest BCUT2D eigenvalue weighted by Gasteiger charge is 2.10. The van der Waals surface area contributed by atoms with Gasteiger partial charge in [-0.05, 0) is 42.3 Å². The van der Waals surface area contributed by atoms with Gasteiger partial charge in [-0.15, -0.1) is 0 Å². The number of aliphatic hydroxyl groups is 1. The molecule has 0 aliphatic rings. The summed E-state index contributed by atoms with van der Waals surface area (Å²) < 4.78 is 0. The molecule has 0 aliphatic heterocycles. The summed E-state index contributed by atoms with van der Waals surface area (Å²) in [7, 11) is 0. The van der Waals surface area contributed by atoms with E-state index in [1.165, 1.54) is 0 Å². The van der Waals surface area contributed by atoms with E-state index in [1.54, 1.807) is 11.8 Å². The Morgan fingerprint density at radius 1 is 1.11 bits per heavy atom. The van der Waals surface area contributed by atoms with Crippen molar-refractivity contribution >= 4 is 23.4 Å². The molecule has 0 fully saturated rings. The van der Waals surface area contributed by atoms with Gasteiger partial charge in [0.05, 0.1) is 6.10 Å². The maximum Gasteiger partial charge on any atom is 0.0798 e. The first-order chi connectivity index (χ1) is 8.70. The fourth-order valence-corrected chi connectivity index (χ4v) is 2.82. The van der Waals surface area contributed by atoms with E-state index in [9.17, 15) is 5.11 Å². The molecule has 1 nitrogen and oxygen atoms in total. The first-order valence-corrected chi connectivity index (χ1v) is 7.10. The van der Waals surface area contributed by atoms with E-state index in [2.05, 4.69) is 0 Å². The molecular weight excluding hydrogens is 264 g/mol. The van der Waals surface area contributed by atoms with E-state index >= 15 is 0 Å². The van der Waals surface area contributed by atoms with Crippen molar-refractivity contribution in [1.29, 1.82) is 0 Å². The molecule has 2 rings (SSSR count). The van der Waals surface area contributed by atoms with Gasteiger partial charge in [-0.1, -0.05) is 48.5 Å². The second-order valence-electron chi connectivity index (χ2n) is 4.02. The average Bonchev–Trinajstić information content (AvgIpc) is 2.41. The Morgan fingerprint density at radius 2 is 1.78 bits per heavy atom. The lowest BCUT2D eigenvalue weighted by atomic mass is 10.1. The zero-order valence-corrected chi connectivity index (χ0v) is 11.7. The molecule has 0 saturated heterocycles. The minimum atomic E-state index is -0.402. The molecule has 94 valence electrons. The van der Waals surface area contributed by atoms with Crippen molar-refractivity contribution in [2.24, 2.45) is 0 Å². The standard InChI is InChI=1S/C15H15ClOS/c1-2-14(17)13-5-3-4-6-15(13)18-12-9-7-11(16)8-10-12/h3-10,14,17H,2H2,1H3. The molecule has 3 heteroatoms. The van der Waals surface area contributed by atoms with Gasteiger partial charge in [0, 0.05) is 14.8 Å². The molecule has 1 N–H and O–H groups in total. The van der Waals surface area contributed by atoms with Crippen molar-refractivity contribution in [1.82, 2.24) is 0 Å². The topological polar surface area (TPSA) is 20.2 Å². The lowest BCUT2D eigenvalue weighted by Gasteiger charge is -2.13. The molecular formula is C15H15ClOS. The molecule has 0 radical (unpaired) electrons. The quantitative estimate of drug-likeness (QED) is 0.855. The molecule has 0 aromatic heterocycles. The lowest BCUT2D eigenvalue weighted by Crippen LogP contribution is -1.96. The van der Waals surface area contributed by atoms with E-state index in [1.807, 2.05) is 55.5 Å². The Labute approximate surface area is 117 Å². The van der Waals surface area contributed by atoms with Gasteiger partial charge < -0.3 is 5.11 Å². The van der Waals surface area contributed by atoms with Crippen LogP contribution in [0.15, 0.2) is 58.3 Å². The van der Waals surface area contributed by atoms with Gasteiger partial charge in [0.1, 0.15) is 0 Å². The van der Waals surface area contributed by atoms with Crippen LogP contribution in [-0.4, -0.2) is 5.11 Å². The van der Waals surface area contributed by atoms with Gasteiger partial charge in [-0.25, -0.2) is 0 Å². The predicted molar refractivity (Wildman–Crippen MR) is 77.3 cm³/mol. The molecule has 2 aromatic rings. The minimum Gasteiger partial charge on any atom is -0.388 e. The normalized spacial score (nSPS) is 12.4. The summed E-state index contributed by atoms with van der Waals surface area (Å²) >= 11 is 7.52. The maximum atomic E-state index is 10.00. The largest absolute Gasteiger partial charge is 0.388 e. The third-order valence-corrected chi connectivity index (χ3v) is 4.06. The highest BCUT2D eigenvalue weighted by atomic mass is 35.5. The smallest absolute Gasteiger partial charge is 0.0798 e. The van der Waals surface area contributed by atoms with Crippen LogP contribution < -0.4 is 0 Å². The Kier molecular flexibility index (Phi) is 4.70. The number of hydrogen-bond donors (Lipinski definition) is 1.